The monoisotopic (exact) mass is 913 g/mol. The number of pyridine rings is 1. The van der Waals surface area contributed by atoms with Crippen LogP contribution in [0.2, 0.25) is 0 Å². The molecule has 19 heteroatoms. The third-order valence-corrected chi connectivity index (χ3v) is 11.9. The molecule has 0 bridgehead atoms. The summed E-state index contributed by atoms with van der Waals surface area (Å²) in [5.41, 5.74) is 11.8. The Morgan fingerprint density at radius 2 is 1.69 bits per heavy atom. The second kappa shape index (κ2) is 24.4. The number of rotatable bonds is 25. The van der Waals surface area contributed by atoms with Gasteiger partial charge >= 0.3 is 0 Å². The number of nitrogens with two attached hydrogens (primary N) is 1. The zero-order valence-electron chi connectivity index (χ0n) is 36.8. The fourth-order valence-electron chi connectivity index (χ4n) is 7.49. The summed E-state index contributed by atoms with van der Waals surface area (Å²) in [6.07, 6.45) is 5.00. The van der Waals surface area contributed by atoms with Gasteiger partial charge in [0.2, 0.25) is 17.7 Å². The van der Waals surface area contributed by atoms with E-state index in [4.69, 9.17) is 33.8 Å². The van der Waals surface area contributed by atoms with Gasteiger partial charge in [0.15, 0.2) is 5.58 Å². The highest BCUT2D eigenvalue weighted by atomic mass is 32.1. The summed E-state index contributed by atoms with van der Waals surface area (Å²) in [5.74, 6) is 0.938. The number of nitrogens with zero attached hydrogens (tertiary/aromatic N) is 5. The van der Waals surface area contributed by atoms with Gasteiger partial charge in [0.05, 0.1) is 55.3 Å². The molecule has 65 heavy (non-hydrogen) atoms. The molecule has 2 fully saturated rings. The van der Waals surface area contributed by atoms with Crippen LogP contribution >= 0.6 is 11.3 Å². The molecule has 7 rings (SSSR count). The Labute approximate surface area is 382 Å². The molecule has 0 radical (unpaired) electrons. The van der Waals surface area contributed by atoms with Crippen molar-refractivity contribution in [2.75, 3.05) is 89.6 Å². The molecule has 2 saturated heterocycles. The Hall–Kier alpha value is -5.86. The van der Waals surface area contributed by atoms with E-state index < -0.39 is 18.0 Å². The van der Waals surface area contributed by atoms with Gasteiger partial charge in [-0.3, -0.25) is 19.4 Å². The van der Waals surface area contributed by atoms with E-state index in [0.717, 1.165) is 71.8 Å². The van der Waals surface area contributed by atoms with Crippen molar-refractivity contribution in [3.8, 4) is 21.9 Å². The van der Waals surface area contributed by atoms with Crippen LogP contribution in [-0.2, 0) is 41.7 Å². The van der Waals surface area contributed by atoms with Crippen LogP contribution in [0.4, 0.5) is 11.8 Å². The molecule has 18 nitrogen and oxygen atoms in total. The van der Waals surface area contributed by atoms with Crippen molar-refractivity contribution in [2.45, 2.75) is 64.3 Å². The summed E-state index contributed by atoms with van der Waals surface area (Å²) in [6, 6.07) is 16.4. The number of benzene rings is 2. The molecule has 5 N–H and O–H groups in total. The number of amides is 3. The highest BCUT2D eigenvalue weighted by molar-refractivity contribution is 7.13. The number of unbranched alkanes of at least 4 members (excludes halogenated alkanes) is 1. The lowest BCUT2D eigenvalue weighted by atomic mass is 10.1. The number of carbonyl (C=O) groups is 3. The number of piperazine rings is 1. The van der Waals surface area contributed by atoms with E-state index in [2.05, 4.69) is 35.8 Å². The van der Waals surface area contributed by atoms with Gasteiger partial charge in [-0.1, -0.05) is 44.0 Å². The van der Waals surface area contributed by atoms with Crippen LogP contribution in [0.25, 0.3) is 21.5 Å². The molecule has 3 amide bonds. The lowest BCUT2D eigenvalue weighted by Gasteiger charge is -2.29. The molecule has 5 heterocycles. The van der Waals surface area contributed by atoms with E-state index in [-0.39, 0.29) is 31.6 Å². The summed E-state index contributed by atoms with van der Waals surface area (Å²) in [6.45, 7) is 8.31. The first-order chi connectivity index (χ1) is 31.8. The number of ether oxygens (including phenoxy) is 5. The quantitative estimate of drug-likeness (QED) is 0.0600. The summed E-state index contributed by atoms with van der Waals surface area (Å²) in [7, 11) is 0. The molecule has 348 valence electrons. The second-order valence-electron chi connectivity index (χ2n) is 15.7. The zero-order valence-corrected chi connectivity index (χ0v) is 37.7. The minimum absolute atomic E-state index is 0.198. The topological polar surface area (TPSA) is 218 Å². The number of oxazole rings is 1. The number of nitrogens with one attached hydrogen (secondary N) is 3. The highest BCUT2D eigenvalue weighted by Gasteiger charge is 2.37. The summed E-state index contributed by atoms with van der Waals surface area (Å²) < 4.78 is 34.4. The van der Waals surface area contributed by atoms with Crippen LogP contribution in [0.3, 0.4) is 0 Å². The molecule has 3 aromatic heterocycles. The molecule has 0 spiro atoms. The van der Waals surface area contributed by atoms with Gasteiger partial charge in [0, 0.05) is 45.3 Å². The largest absolute Gasteiger partial charge is 0.490 e. The molecule has 5 aromatic rings. The minimum Gasteiger partial charge on any atom is -0.490 e. The minimum atomic E-state index is -0.746. The zero-order chi connectivity index (χ0) is 45.2. The maximum atomic E-state index is 13.7. The number of hydrogen-bond donors (Lipinski definition) is 4. The molecule has 2 aliphatic heterocycles. The van der Waals surface area contributed by atoms with Crippen molar-refractivity contribution < 1.29 is 42.5 Å². The number of hydrogen-bond acceptors (Lipinski definition) is 16. The van der Waals surface area contributed by atoms with E-state index >= 15 is 0 Å². The van der Waals surface area contributed by atoms with E-state index in [1.54, 1.807) is 16.6 Å². The van der Waals surface area contributed by atoms with Gasteiger partial charge in [0.1, 0.15) is 54.7 Å². The molecule has 0 aliphatic carbocycles. The summed E-state index contributed by atoms with van der Waals surface area (Å²) >= 11 is 1.47. The standard InChI is InChI=1S/C46H59N9O9S/c1-2-3-5-37(45(58)55-17-4-6-39(55)44(57)50-27-32-7-9-33(10-8-32)42-43(47)51-31-65-42)52-41(56)30-61-23-22-59-20-21-60-24-25-62-36-12-11-34(49-28-36)29-63-35-13-14-40-38(26-35)53-46(64-40)54-18-15-48-16-19-54/h7-14,26,28,31,37,39,48H,2-6,15-25,27,29-30,47H2,1H3,(H,50,57)(H,52,56)/t37-,39-/m0/s1. The van der Waals surface area contributed by atoms with Crippen molar-refractivity contribution >= 4 is 52.0 Å². The number of anilines is 2. The third-order valence-electron chi connectivity index (χ3n) is 11.0. The highest BCUT2D eigenvalue weighted by Crippen LogP contribution is 2.30. The van der Waals surface area contributed by atoms with Crippen molar-refractivity contribution in [3.63, 3.8) is 0 Å². The molecule has 2 aliphatic rings. The maximum Gasteiger partial charge on any atom is 0.298 e. The van der Waals surface area contributed by atoms with E-state index in [1.165, 1.54) is 11.3 Å². The van der Waals surface area contributed by atoms with Gasteiger partial charge in [-0.15, -0.1) is 11.3 Å². The Bertz CT molecular complexity index is 2270. The number of thiazole rings is 1. The first-order valence-corrected chi connectivity index (χ1v) is 23.2. The molecule has 2 aromatic carbocycles. The van der Waals surface area contributed by atoms with Crippen molar-refractivity contribution in [3.05, 3.63) is 77.6 Å². The second-order valence-corrected chi connectivity index (χ2v) is 16.6. The number of carbonyl (C=O) groups excluding carboxylic acids is 3. The Morgan fingerprint density at radius 3 is 2.43 bits per heavy atom. The van der Waals surface area contributed by atoms with Gasteiger partial charge < -0.3 is 59.6 Å². The van der Waals surface area contributed by atoms with Gasteiger partial charge in [-0.25, -0.2) is 4.98 Å². The van der Waals surface area contributed by atoms with Gasteiger partial charge in [-0.2, -0.15) is 4.98 Å². The summed E-state index contributed by atoms with van der Waals surface area (Å²) in [4.78, 5) is 57.7. The third kappa shape index (κ3) is 13.8. The Balaban J connectivity index is 0.721. The molecule has 0 saturated carbocycles. The Morgan fingerprint density at radius 1 is 0.923 bits per heavy atom. The number of aromatic nitrogens is 3. The van der Waals surface area contributed by atoms with E-state index in [1.807, 2.05) is 61.5 Å². The van der Waals surface area contributed by atoms with Gasteiger partial charge in [0.25, 0.3) is 6.01 Å². The van der Waals surface area contributed by atoms with Crippen molar-refractivity contribution in [1.82, 2.24) is 35.8 Å². The fraction of sp³-hybridized carbons (Fsp3) is 0.478. The lowest BCUT2D eigenvalue weighted by Crippen LogP contribution is -2.53. The van der Waals surface area contributed by atoms with Crippen LogP contribution < -0.4 is 36.1 Å². The smallest absolute Gasteiger partial charge is 0.298 e. The van der Waals surface area contributed by atoms with Crippen LogP contribution in [0.5, 0.6) is 11.5 Å². The van der Waals surface area contributed by atoms with Crippen molar-refractivity contribution in [1.29, 1.82) is 0 Å². The van der Waals surface area contributed by atoms with E-state index in [9.17, 15) is 14.4 Å². The summed E-state index contributed by atoms with van der Waals surface area (Å²) in [5, 5.41) is 9.17. The fourth-order valence-corrected chi connectivity index (χ4v) is 8.21. The first-order valence-electron chi connectivity index (χ1n) is 22.3. The molecule has 0 unspecified atom stereocenters. The van der Waals surface area contributed by atoms with Gasteiger partial charge in [-0.05, 0) is 54.7 Å². The average molecular weight is 914 g/mol. The number of likely N-dealkylation sites (tertiary alicyclic amines) is 1. The Kier molecular flexibility index (Phi) is 17.7. The first kappa shape index (κ1) is 47.1. The maximum absolute atomic E-state index is 13.7. The van der Waals surface area contributed by atoms with Crippen LogP contribution in [0.1, 0.15) is 50.3 Å². The SMILES string of the molecule is CCCC[C@H](NC(=O)COCCOCCOCCOc1ccc(COc2ccc3oc(N4CCNCC4)nc3c2)nc1)C(=O)N1CCC[C@H]1C(=O)NCc1ccc(-c2scnc2N)cc1. The average Bonchev–Trinajstić information content (AvgIpc) is 4.11. The molecule has 2 atom stereocenters. The predicted molar refractivity (Wildman–Crippen MR) is 246 cm³/mol. The normalized spacial score (nSPS) is 15.6. The molecular weight excluding hydrogens is 855 g/mol. The lowest BCUT2D eigenvalue weighted by molar-refractivity contribution is -0.142. The molecular formula is C46H59N9O9S. The van der Waals surface area contributed by atoms with E-state index in [0.29, 0.717) is 88.7 Å². The van der Waals surface area contributed by atoms with Crippen LogP contribution in [0, 0.1) is 0 Å². The number of fused-ring (bicyclic) bond motifs is 1. The van der Waals surface area contributed by atoms with Crippen molar-refractivity contribution in [2.24, 2.45) is 0 Å². The predicted octanol–water partition coefficient (Wildman–Crippen LogP) is 4.33. The van der Waals surface area contributed by atoms with Crippen LogP contribution in [-0.4, -0.2) is 129 Å². The number of nitrogen functional groups attached to an aromatic ring is 1. The van der Waals surface area contributed by atoms with Crippen LogP contribution in [0.15, 0.2) is 70.7 Å².